The molecule has 0 saturated carbocycles. The van der Waals surface area contributed by atoms with Crippen molar-refractivity contribution in [3.05, 3.63) is 85.1 Å². The minimum Gasteiger partial charge on any atom is -0.457 e. The van der Waals surface area contributed by atoms with Gasteiger partial charge in [0.15, 0.2) is 12.6 Å². The Labute approximate surface area is 465 Å². The van der Waals surface area contributed by atoms with Crippen LogP contribution in [0.15, 0.2) is 85.1 Å². The topological polar surface area (TPSA) is 214 Å². The molecule has 2 aliphatic heterocycles. The van der Waals surface area contributed by atoms with Crippen molar-refractivity contribution in [2.24, 2.45) is 0 Å². The maximum Gasteiger partial charge on any atom is 0.306 e. The van der Waals surface area contributed by atoms with Gasteiger partial charge in [0.25, 0.3) is 0 Å². The van der Waals surface area contributed by atoms with Crippen LogP contribution in [-0.2, 0) is 33.2 Å². The highest BCUT2D eigenvalue weighted by molar-refractivity contribution is 5.69. The van der Waals surface area contributed by atoms with Crippen LogP contribution in [-0.4, -0.2) is 142 Å². The third-order valence-electron chi connectivity index (χ3n) is 13.9. The minimum absolute atomic E-state index is 0.0489. The van der Waals surface area contributed by atoms with Crippen LogP contribution in [0, 0.1) is 0 Å². The second kappa shape index (κ2) is 49.0. The second-order valence-corrected chi connectivity index (χ2v) is 20.8. The number of carbonyl (C=O) groups is 1. The molecule has 2 rings (SSSR count). The van der Waals surface area contributed by atoms with Gasteiger partial charge in [0.1, 0.15) is 54.9 Å². The van der Waals surface area contributed by atoms with Gasteiger partial charge in [0.2, 0.25) is 0 Å². The number of aliphatic hydroxyl groups is 7. The predicted molar refractivity (Wildman–Crippen MR) is 307 cm³/mol. The molecule has 2 fully saturated rings. The normalized spacial score (nSPS) is 24.9. The van der Waals surface area contributed by atoms with Crippen molar-refractivity contribution in [3.63, 3.8) is 0 Å². The Bertz CT molecular complexity index is 1590. The first-order chi connectivity index (χ1) is 37.6. The van der Waals surface area contributed by atoms with E-state index in [0.717, 1.165) is 89.9 Å². The van der Waals surface area contributed by atoms with E-state index in [1.54, 1.807) is 0 Å². The molecule has 2 saturated heterocycles. The van der Waals surface area contributed by atoms with Crippen LogP contribution in [0.3, 0.4) is 0 Å². The number of esters is 1. The Kier molecular flexibility index (Phi) is 44.7. The number of carbonyl (C=O) groups excluding carboxylic acids is 1. The van der Waals surface area contributed by atoms with Gasteiger partial charge in [-0.15, -0.1) is 0 Å². The van der Waals surface area contributed by atoms with Gasteiger partial charge < -0.3 is 64.2 Å². The summed E-state index contributed by atoms with van der Waals surface area (Å²) in [5.41, 5.74) is 0. The van der Waals surface area contributed by atoms with E-state index in [9.17, 15) is 40.5 Å². The van der Waals surface area contributed by atoms with Crippen LogP contribution >= 0.6 is 0 Å². The van der Waals surface area contributed by atoms with E-state index in [1.807, 2.05) is 0 Å². The number of ether oxygens (including phenoxy) is 6. The standard InChI is InChI=1S/C63H108O14/c1-3-5-7-9-11-13-15-17-19-21-23-25-26-27-28-30-32-34-36-38-40-42-44-46-55(65)75-52(49-72-47-45-43-41-39-37-35-33-31-29-24-22-20-18-16-14-12-10-8-6-4-2)50-73-62-61(71)59(69)57(67)54(77-62)51-74-63-60(70)58(68)56(66)53(48-64)76-63/h5,7,11-14,17-20,23-25,29,52-54,56-64,66-71H,3-4,6,8-10,15-16,21-22,26-28,30-51H2,1-2H3/b7-5-,13-11-,14-12-,19-17-,20-18-,25-23-,29-24-. The summed E-state index contributed by atoms with van der Waals surface area (Å²) in [6, 6.07) is 0. The lowest BCUT2D eigenvalue weighted by Crippen LogP contribution is -2.61. The lowest BCUT2D eigenvalue weighted by atomic mass is 9.98. The fourth-order valence-electron chi connectivity index (χ4n) is 9.05. The summed E-state index contributed by atoms with van der Waals surface area (Å²) < 4.78 is 34.4. The van der Waals surface area contributed by atoms with Crippen LogP contribution in [0.4, 0.5) is 0 Å². The van der Waals surface area contributed by atoms with E-state index in [2.05, 4.69) is 98.9 Å². The lowest BCUT2D eigenvalue weighted by Gasteiger charge is -2.42. The molecule has 0 radical (unpaired) electrons. The average Bonchev–Trinajstić information content (AvgIpc) is 3.43. The smallest absolute Gasteiger partial charge is 0.306 e. The Morgan fingerprint density at radius 3 is 1.32 bits per heavy atom. The van der Waals surface area contributed by atoms with Crippen LogP contribution in [0.1, 0.15) is 206 Å². The number of unbranched alkanes of at least 4 members (excludes halogenated alkanes) is 20. The van der Waals surface area contributed by atoms with Crippen molar-refractivity contribution < 1.29 is 69.0 Å². The Hall–Kier alpha value is -2.83. The van der Waals surface area contributed by atoms with Gasteiger partial charge in [-0.3, -0.25) is 4.79 Å². The van der Waals surface area contributed by atoms with Crippen molar-refractivity contribution in [1.82, 2.24) is 0 Å². The molecule has 0 amide bonds. The molecular formula is C63H108O14. The first-order valence-corrected chi connectivity index (χ1v) is 30.2. The Balaban J connectivity index is 1.71. The molecule has 14 nitrogen and oxygen atoms in total. The van der Waals surface area contributed by atoms with Crippen molar-refractivity contribution in [2.45, 2.75) is 274 Å². The summed E-state index contributed by atoms with van der Waals surface area (Å²) in [7, 11) is 0. The number of allylic oxidation sites excluding steroid dienone is 14. The Morgan fingerprint density at radius 1 is 0.442 bits per heavy atom. The predicted octanol–water partition coefficient (Wildman–Crippen LogP) is 11.2. The first-order valence-electron chi connectivity index (χ1n) is 30.2. The van der Waals surface area contributed by atoms with Crippen LogP contribution in [0.2, 0.25) is 0 Å². The van der Waals surface area contributed by atoms with E-state index >= 15 is 0 Å². The summed E-state index contributed by atoms with van der Waals surface area (Å²) in [6.45, 7) is 3.52. The molecule has 14 heteroatoms. The molecule has 2 aliphatic rings. The summed E-state index contributed by atoms with van der Waals surface area (Å²) in [5.74, 6) is -0.386. The highest BCUT2D eigenvalue weighted by Gasteiger charge is 2.47. The number of hydrogen-bond acceptors (Lipinski definition) is 14. The zero-order chi connectivity index (χ0) is 55.8. The molecule has 7 N–H and O–H groups in total. The van der Waals surface area contributed by atoms with Crippen molar-refractivity contribution in [2.75, 3.05) is 33.0 Å². The molecular weight excluding hydrogens is 981 g/mol. The van der Waals surface area contributed by atoms with Gasteiger partial charge >= 0.3 is 5.97 Å². The molecule has 444 valence electrons. The monoisotopic (exact) mass is 1090 g/mol. The SMILES string of the molecule is CC/C=C\C/C=C\C/C=C\C/C=C\CCCCCCCCCCCCC(=O)OC(COCCCCCCCCC/C=C\C/C=C\C/C=C\CCCCC)COC1OC(COC2OC(CO)C(O)C(O)C2O)C(O)C(O)C1O. The van der Waals surface area contributed by atoms with E-state index < -0.39 is 80.7 Å². The van der Waals surface area contributed by atoms with E-state index in [-0.39, 0.29) is 25.6 Å². The van der Waals surface area contributed by atoms with Gasteiger partial charge in [-0.2, -0.15) is 0 Å². The van der Waals surface area contributed by atoms with Gasteiger partial charge in [-0.25, -0.2) is 0 Å². The molecule has 77 heavy (non-hydrogen) atoms. The third kappa shape index (κ3) is 35.5. The van der Waals surface area contributed by atoms with Gasteiger partial charge in [-0.1, -0.05) is 195 Å². The maximum absolute atomic E-state index is 13.1. The summed E-state index contributed by atoms with van der Waals surface area (Å²) in [5, 5.41) is 72.4. The molecule has 0 aromatic rings. The number of hydrogen-bond donors (Lipinski definition) is 7. The fourth-order valence-corrected chi connectivity index (χ4v) is 9.05. The van der Waals surface area contributed by atoms with Gasteiger partial charge in [-0.05, 0) is 89.9 Å². The van der Waals surface area contributed by atoms with Crippen molar-refractivity contribution in [1.29, 1.82) is 0 Å². The minimum atomic E-state index is -1.71. The van der Waals surface area contributed by atoms with E-state index in [1.165, 1.54) is 89.9 Å². The third-order valence-corrected chi connectivity index (χ3v) is 13.9. The van der Waals surface area contributed by atoms with Gasteiger partial charge in [0, 0.05) is 13.0 Å². The van der Waals surface area contributed by atoms with Crippen LogP contribution < -0.4 is 0 Å². The molecule has 0 aromatic heterocycles. The van der Waals surface area contributed by atoms with E-state index in [4.69, 9.17) is 28.4 Å². The summed E-state index contributed by atoms with van der Waals surface area (Å²) >= 11 is 0. The largest absolute Gasteiger partial charge is 0.457 e. The molecule has 2 heterocycles. The zero-order valence-electron chi connectivity index (χ0n) is 47.7. The molecule has 11 atom stereocenters. The first kappa shape index (κ1) is 70.3. The summed E-state index contributed by atoms with van der Waals surface area (Å²) in [6.07, 6.45) is 47.8. The molecule has 0 aromatic carbocycles. The molecule has 0 bridgehead atoms. The highest BCUT2D eigenvalue weighted by Crippen LogP contribution is 2.27. The Morgan fingerprint density at radius 2 is 0.844 bits per heavy atom. The van der Waals surface area contributed by atoms with Crippen LogP contribution in [0.5, 0.6) is 0 Å². The van der Waals surface area contributed by atoms with Crippen molar-refractivity contribution in [3.8, 4) is 0 Å². The highest BCUT2D eigenvalue weighted by atomic mass is 16.7. The average molecular weight is 1090 g/mol. The quantitative estimate of drug-likeness (QED) is 0.0172. The fraction of sp³-hybridized carbons (Fsp3) is 0.762. The van der Waals surface area contributed by atoms with E-state index in [0.29, 0.717) is 13.0 Å². The maximum atomic E-state index is 13.1. The zero-order valence-corrected chi connectivity index (χ0v) is 47.7. The van der Waals surface area contributed by atoms with Crippen LogP contribution in [0.25, 0.3) is 0 Å². The molecule has 11 unspecified atom stereocenters. The molecule has 0 spiro atoms. The van der Waals surface area contributed by atoms with Gasteiger partial charge in [0.05, 0.1) is 26.4 Å². The molecule has 0 aliphatic carbocycles. The summed E-state index contributed by atoms with van der Waals surface area (Å²) in [4.78, 5) is 13.1. The number of aliphatic hydroxyl groups excluding tert-OH is 7. The second-order valence-electron chi connectivity index (χ2n) is 20.8. The lowest BCUT2D eigenvalue weighted by molar-refractivity contribution is -0.332. The van der Waals surface area contributed by atoms with Crippen molar-refractivity contribution >= 4 is 5.97 Å². The number of rotatable bonds is 48.